The lowest BCUT2D eigenvalue weighted by atomic mass is 10.2. The van der Waals surface area contributed by atoms with Crippen molar-refractivity contribution in [1.29, 1.82) is 0 Å². The van der Waals surface area contributed by atoms with E-state index in [0.29, 0.717) is 14.9 Å². The topological polar surface area (TPSA) is 17.1 Å². The van der Waals surface area contributed by atoms with Gasteiger partial charge >= 0.3 is 0 Å². The average molecular weight is 223 g/mol. The second-order valence-corrected chi connectivity index (χ2v) is 4.66. The van der Waals surface area contributed by atoms with Gasteiger partial charge in [-0.1, -0.05) is 23.2 Å². The standard InChI is InChI=1S/C8H8Cl2OS/c1-5-7(9)3-6(12(2)11)4-8(5)10/h3-4H,1-2H3. The first-order valence-corrected chi connectivity index (χ1v) is 5.63. The molecule has 0 amide bonds. The van der Waals surface area contributed by atoms with E-state index in [1.54, 1.807) is 18.4 Å². The number of benzene rings is 1. The monoisotopic (exact) mass is 222 g/mol. The van der Waals surface area contributed by atoms with E-state index in [0.717, 1.165) is 5.56 Å². The number of halogens is 2. The molecule has 1 aromatic carbocycles. The largest absolute Gasteiger partial charge is 0.255 e. The van der Waals surface area contributed by atoms with Gasteiger partial charge in [0.1, 0.15) is 0 Å². The molecule has 0 bridgehead atoms. The lowest BCUT2D eigenvalue weighted by Gasteiger charge is -2.03. The maximum atomic E-state index is 11.1. The minimum atomic E-state index is -1.03. The predicted molar refractivity (Wildman–Crippen MR) is 53.5 cm³/mol. The van der Waals surface area contributed by atoms with Crippen LogP contribution in [0.5, 0.6) is 0 Å². The Bertz CT molecular complexity index is 313. The molecular weight excluding hydrogens is 215 g/mol. The van der Waals surface area contributed by atoms with Crippen molar-refractivity contribution in [3.63, 3.8) is 0 Å². The molecule has 12 heavy (non-hydrogen) atoms. The summed E-state index contributed by atoms with van der Waals surface area (Å²) in [4.78, 5) is 0.663. The number of hydrogen-bond donors (Lipinski definition) is 0. The second kappa shape index (κ2) is 3.77. The summed E-state index contributed by atoms with van der Waals surface area (Å²) in [5.41, 5.74) is 0.826. The minimum Gasteiger partial charge on any atom is -0.255 e. The van der Waals surface area contributed by atoms with Crippen LogP contribution in [0.25, 0.3) is 0 Å². The van der Waals surface area contributed by atoms with E-state index in [9.17, 15) is 4.21 Å². The van der Waals surface area contributed by atoms with Crippen molar-refractivity contribution >= 4 is 34.0 Å². The molecule has 0 saturated heterocycles. The van der Waals surface area contributed by atoms with E-state index in [2.05, 4.69) is 0 Å². The van der Waals surface area contributed by atoms with Crippen molar-refractivity contribution in [2.75, 3.05) is 6.26 Å². The van der Waals surface area contributed by atoms with Crippen molar-refractivity contribution in [2.45, 2.75) is 11.8 Å². The molecule has 0 aliphatic carbocycles. The van der Waals surface area contributed by atoms with Crippen molar-refractivity contribution < 1.29 is 4.21 Å². The molecule has 4 heteroatoms. The maximum absolute atomic E-state index is 11.1. The Morgan fingerprint density at radius 2 is 1.67 bits per heavy atom. The van der Waals surface area contributed by atoms with Crippen molar-refractivity contribution in [1.82, 2.24) is 0 Å². The molecule has 1 rings (SSSR count). The summed E-state index contributed by atoms with van der Waals surface area (Å²) in [5.74, 6) is 0. The second-order valence-electron chi connectivity index (χ2n) is 2.47. The molecule has 0 saturated carbocycles. The van der Waals surface area contributed by atoms with Gasteiger partial charge in [-0.3, -0.25) is 4.21 Å². The van der Waals surface area contributed by atoms with Crippen molar-refractivity contribution in [2.24, 2.45) is 0 Å². The summed E-state index contributed by atoms with van der Waals surface area (Å²) in [7, 11) is -1.03. The van der Waals surface area contributed by atoms with Crippen LogP contribution < -0.4 is 0 Å². The normalized spacial score (nSPS) is 13.0. The Morgan fingerprint density at radius 3 is 2.00 bits per heavy atom. The zero-order chi connectivity index (χ0) is 9.30. The van der Waals surface area contributed by atoms with Gasteiger partial charge in [0.25, 0.3) is 0 Å². The molecule has 66 valence electrons. The highest BCUT2D eigenvalue weighted by molar-refractivity contribution is 7.84. The van der Waals surface area contributed by atoms with Crippen LogP contribution >= 0.6 is 23.2 Å². The summed E-state index contributed by atoms with van der Waals surface area (Å²) < 4.78 is 11.1. The van der Waals surface area contributed by atoms with Crippen molar-refractivity contribution in [3.8, 4) is 0 Å². The van der Waals surface area contributed by atoms with Gasteiger partial charge in [-0.15, -0.1) is 0 Å². The fourth-order valence-electron chi connectivity index (χ4n) is 0.788. The maximum Gasteiger partial charge on any atom is 0.0499 e. The van der Waals surface area contributed by atoms with Gasteiger partial charge in [-0.05, 0) is 24.6 Å². The van der Waals surface area contributed by atoms with Crippen molar-refractivity contribution in [3.05, 3.63) is 27.7 Å². The van der Waals surface area contributed by atoms with Gasteiger partial charge < -0.3 is 0 Å². The van der Waals surface area contributed by atoms with E-state index in [1.165, 1.54) is 0 Å². The van der Waals surface area contributed by atoms with Gasteiger partial charge in [-0.2, -0.15) is 0 Å². The third-order valence-corrected chi connectivity index (χ3v) is 3.27. The Labute approximate surface area is 84.1 Å². The molecule has 0 aliphatic rings. The molecule has 0 aromatic heterocycles. The van der Waals surface area contributed by atoms with E-state index in [1.807, 2.05) is 6.92 Å². The summed E-state index contributed by atoms with van der Waals surface area (Å²) >= 11 is 11.7. The Morgan fingerprint density at radius 1 is 1.25 bits per heavy atom. The average Bonchev–Trinajstić information content (AvgIpc) is 1.99. The Hall–Kier alpha value is -0.0500. The summed E-state index contributed by atoms with van der Waals surface area (Å²) in [6.45, 7) is 1.83. The Kier molecular flexibility index (Phi) is 3.16. The molecule has 0 spiro atoms. The molecule has 1 aromatic rings. The molecular formula is C8H8Cl2OS. The summed E-state index contributed by atoms with van der Waals surface area (Å²) in [6, 6.07) is 3.36. The first kappa shape index (κ1) is 10.0. The van der Waals surface area contributed by atoms with E-state index < -0.39 is 10.8 Å². The van der Waals surface area contributed by atoms with Crippen LogP contribution in [0.4, 0.5) is 0 Å². The highest BCUT2D eigenvalue weighted by Crippen LogP contribution is 2.26. The zero-order valence-corrected chi connectivity index (χ0v) is 9.06. The fourth-order valence-corrected chi connectivity index (χ4v) is 1.97. The smallest absolute Gasteiger partial charge is 0.0499 e. The Balaban J connectivity index is 3.31. The van der Waals surface area contributed by atoms with Crippen LogP contribution in [0.3, 0.4) is 0 Å². The van der Waals surface area contributed by atoms with Crippen LogP contribution in [0.15, 0.2) is 17.0 Å². The number of rotatable bonds is 1. The van der Waals surface area contributed by atoms with Crippen LogP contribution in [0.1, 0.15) is 5.56 Å². The minimum absolute atomic E-state index is 0.563. The first-order valence-electron chi connectivity index (χ1n) is 3.31. The van der Waals surface area contributed by atoms with Crippen LogP contribution in [0.2, 0.25) is 10.0 Å². The van der Waals surface area contributed by atoms with Gasteiger partial charge in [0.05, 0.1) is 0 Å². The molecule has 0 fully saturated rings. The molecule has 0 heterocycles. The predicted octanol–water partition coefficient (Wildman–Crippen LogP) is 3.04. The highest BCUT2D eigenvalue weighted by atomic mass is 35.5. The van der Waals surface area contributed by atoms with Gasteiger partial charge in [0.2, 0.25) is 0 Å². The zero-order valence-electron chi connectivity index (χ0n) is 6.73. The lowest BCUT2D eigenvalue weighted by Crippen LogP contribution is -1.89. The molecule has 0 radical (unpaired) electrons. The van der Waals surface area contributed by atoms with Gasteiger partial charge in [0.15, 0.2) is 0 Å². The highest BCUT2D eigenvalue weighted by Gasteiger charge is 2.05. The molecule has 1 atom stereocenters. The van der Waals surface area contributed by atoms with Gasteiger partial charge in [0, 0.05) is 32.0 Å². The fraction of sp³-hybridized carbons (Fsp3) is 0.250. The first-order chi connectivity index (χ1) is 5.52. The summed E-state index contributed by atoms with van der Waals surface area (Å²) in [5, 5.41) is 1.13. The third kappa shape index (κ3) is 2.00. The SMILES string of the molecule is Cc1c(Cl)cc(S(C)=O)cc1Cl. The molecule has 1 unspecified atom stereocenters. The van der Waals surface area contributed by atoms with Crippen LogP contribution in [0, 0.1) is 6.92 Å². The molecule has 0 aliphatic heterocycles. The van der Waals surface area contributed by atoms with Crippen LogP contribution in [-0.2, 0) is 10.8 Å². The van der Waals surface area contributed by atoms with E-state index in [-0.39, 0.29) is 0 Å². The summed E-state index contributed by atoms with van der Waals surface area (Å²) in [6.07, 6.45) is 1.59. The molecule has 1 nitrogen and oxygen atoms in total. The van der Waals surface area contributed by atoms with E-state index >= 15 is 0 Å². The van der Waals surface area contributed by atoms with E-state index in [4.69, 9.17) is 23.2 Å². The quantitative estimate of drug-likeness (QED) is 0.715. The molecule has 0 N–H and O–H groups in total. The van der Waals surface area contributed by atoms with Crippen LogP contribution in [-0.4, -0.2) is 10.5 Å². The number of hydrogen-bond acceptors (Lipinski definition) is 1. The lowest BCUT2D eigenvalue weighted by molar-refractivity contribution is 0.687. The van der Waals surface area contributed by atoms with Gasteiger partial charge in [-0.25, -0.2) is 0 Å². The third-order valence-electron chi connectivity index (χ3n) is 1.59.